The van der Waals surface area contributed by atoms with E-state index in [1.807, 2.05) is 13.2 Å². The molecule has 1 aromatic heterocycles. The summed E-state index contributed by atoms with van der Waals surface area (Å²) in [7, 11) is 1.84. The molecule has 0 aliphatic carbocycles. The molecule has 0 bridgehead atoms. The summed E-state index contributed by atoms with van der Waals surface area (Å²) in [6.07, 6.45) is 2.16. The Morgan fingerprint density at radius 2 is 2.40 bits per heavy atom. The van der Waals surface area contributed by atoms with E-state index in [4.69, 9.17) is 0 Å². The Morgan fingerprint density at radius 3 is 2.87 bits per heavy atom. The van der Waals surface area contributed by atoms with Crippen molar-refractivity contribution < 1.29 is 9.90 Å². The summed E-state index contributed by atoms with van der Waals surface area (Å²) in [6, 6.07) is 1.80. The Hall–Kier alpha value is -0.810. The lowest BCUT2D eigenvalue weighted by Gasteiger charge is -2.15. The summed E-state index contributed by atoms with van der Waals surface area (Å²) < 4.78 is 2.69. The fourth-order valence-corrected chi connectivity index (χ4v) is 2.35. The van der Waals surface area contributed by atoms with Crippen LogP contribution in [0.4, 0.5) is 0 Å². The van der Waals surface area contributed by atoms with Crippen LogP contribution in [0, 0.1) is 0 Å². The second kappa shape index (κ2) is 3.98. The van der Waals surface area contributed by atoms with Crippen molar-refractivity contribution in [2.24, 2.45) is 7.05 Å². The van der Waals surface area contributed by atoms with Gasteiger partial charge in [-0.1, -0.05) is 0 Å². The number of amides is 1. The summed E-state index contributed by atoms with van der Waals surface area (Å²) in [5.74, 6) is -0.0141. The molecular weight excluding hydrogens is 260 g/mol. The summed E-state index contributed by atoms with van der Waals surface area (Å²) in [4.78, 5) is 13.7. The van der Waals surface area contributed by atoms with Crippen LogP contribution in [0.15, 0.2) is 16.7 Å². The van der Waals surface area contributed by atoms with Crippen LogP contribution in [0.5, 0.6) is 0 Å². The van der Waals surface area contributed by atoms with Crippen LogP contribution in [0.2, 0.25) is 0 Å². The zero-order valence-corrected chi connectivity index (χ0v) is 10.1. The number of β-amino-alcohol motifs (C(OH)–C–C–N with tert-alkyl or cyclic N) is 1. The smallest absolute Gasteiger partial charge is 0.270 e. The number of hydrogen-bond acceptors (Lipinski definition) is 2. The number of likely N-dealkylation sites (tertiary alicyclic amines) is 1. The fourth-order valence-electron chi connectivity index (χ4n) is 1.83. The first-order valence-corrected chi connectivity index (χ1v) is 5.66. The summed E-state index contributed by atoms with van der Waals surface area (Å²) >= 11 is 3.33. The van der Waals surface area contributed by atoms with Crippen molar-refractivity contribution in [3.8, 4) is 0 Å². The third kappa shape index (κ3) is 2.08. The first-order valence-electron chi connectivity index (χ1n) is 4.87. The number of carbonyl (C=O) groups excluding carboxylic acids is 1. The van der Waals surface area contributed by atoms with Crippen molar-refractivity contribution in [1.29, 1.82) is 0 Å². The predicted octanol–water partition coefficient (Wildman–Crippen LogP) is 0.994. The van der Waals surface area contributed by atoms with Gasteiger partial charge in [-0.3, -0.25) is 4.79 Å². The molecule has 1 aliphatic rings. The minimum absolute atomic E-state index is 0.0141. The van der Waals surface area contributed by atoms with Crippen molar-refractivity contribution >= 4 is 21.8 Å². The molecule has 1 saturated heterocycles. The van der Waals surface area contributed by atoms with Crippen LogP contribution in [0.25, 0.3) is 0 Å². The Balaban J connectivity index is 2.17. The lowest BCUT2D eigenvalue weighted by atomic mass is 10.3. The molecule has 1 fully saturated rings. The molecule has 82 valence electrons. The van der Waals surface area contributed by atoms with E-state index in [1.54, 1.807) is 15.5 Å². The zero-order valence-electron chi connectivity index (χ0n) is 8.48. The van der Waals surface area contributed by atoms with Crippen molar-refractivity contribution in [1.82, 2.24) is 9.47 Å². The Labute approximate surface area is 96.6 Å². The van der Waals surface area contributed by atoms with Gasteiger partial charge < -0.3 is 14.6 Å². The van der Waals surface area contributed by atoms with Crippen LogP contribution in [0.3, 0.4) is 0 Å². The first kappa shape index (κ1) is 10.7. The van der Waals surface area contributed by atoms with Crippen LogP contribution in [-0.2, 0) is 7.05 Å². The van der Waals surface area contributed by atoms with Crippen LogP contribution in [-0.4, -0.2) is 39.7 Å². The Morgan fingerprint density at radius 1 is 1.67 bits per heavy atom. The molecule has 1 aliphatic heterocycles. The molecule has 15 heavy (non-hydrogen) atoms. The van der Waals surface area contributed by atoms with Gasteiger partial charge in [0.15, 0.2) is 0 Å². The van der Waals surface area contributed by atoms with Gasteiger partial charge >= 0.3 is 0 Å². The lowest BCUT2D eigenvalue weighted by molar-refractivity contribution is 0.0755. The topological polar surface area (TPSA) is 45.5 Å². The number of carbonyl (C=O) groups is 1. The van der Waals surface area contributed by atoms with Gasteiger partial charge in [0, 0.05) is 30.8 Å². The number of halogens is 1. The number of nitrogens with zero attached hydrogens (tertiary/aromatic N) is 2. The van der Waals surface area contributed by atoms with E-state index in [0.717, 1.165) is 4.47 Å². The Kier molecular flexibility index (Phi) is 2.84. The molecule has 2 rings (SSSR count). The van der Waals surface area contributed by atoms with E-state index in [9.17, 15) is 9.90 Å². The second-order valence-corrected chi connectivity index (χ2v) is 4.76. The van der Waals surface area contributed by atoms with E-state index < -0.39 is 0 Å². The summed E-state index contributed by atoms with van der Waals surface area (Å²) in [5, 5.41) is 9.36. The molecule has 0 spiro atoms. The van der Waals surface area contributed by atoms with E-state index in [0.29, 0.717) is 25.2 Å². The number of aliphatic hydroxyl groups excluding tert-OH is 1. The maximum absolute atomic E-state index is 12.0. The van der Waals surface area contributed by atoms with Gasteiger partial charge in [-0.05, 0) is 28.4 Å². The highest BCUT2D eigenvalue weighted by atomic mass is 79.9. The Bertz CT molecular complexity index is 389. The van der Waals surface area contributed by atoms with Gasteiger partial charge in [0.2, 0.25) is 0 Å². The van der Waals surface area contributed by atoms with Gasteiger partial charge in [-0.2, -0.15) is 0 Å². The maximum Gasteiger partial charge on any atom is 0.270 e. The van der Waals surface area contributed by atoms with Crippen molar-refractivity contribution in [3.05, 3.63) is 22.4 Å². The van der Waals surface area contributed by atoms with E-state index in [1.165, 1.54) is 0 Å². The van der Waals surface area contributed by atoms with Crippen molar-refractivity contribution in [2.45, 2.75) is 12.5 Å². The molecule has 1 amide bonds. The zero-order chi connectivity index (χ0) is 11.0. The van der Waals surface area contributed by atoms with Gasteiger partial charge in [0.1, 0.15) is 5.69 Å². The minimum atomic E-state index is -0.363. The normalized spacial score (nSPS) is 21.0. The van der Waals surface area contributed by atoms with Gasteiger partial charge in [0.05, 0.1) is 6.10 Å². The minimum Gasteiger partial charge on any atom is -0.391 e. The molecule has 2 heterocycles. The van der Waals surface area contributed by atoms with Crippen molar-refractivity contribution in [3.63, 3.8) is 0 Å². The van der Waals surface area contributed by atoms with E-state index in [-0.39, 0.29) is 12.0 Å². The molecule has 0 unspecified atom stereocenters. The molecular formula is C10H13BrN2O2. The van der Waals surface area contributed by atoms with Gasteiger partial charge in [0.25, 0.3) is 5.91 Å². The predicted molar refractivity (Wildman–Crippen MR) is 59.6 cm³/mol. The van der Waals surface area contributed by atoms with Crippen molar-refractivity contribution in [2.75, 3.05) is 13.1 Å². The molecule has 0 saturated carbocycles. The maximum atomic E-state index is 12.0. The number of aryl methyl sites for hydroxylation is 1. The third-order valence-electron chi connectivity index (χ3n) is 2.64. The van der Waals surface area contributed by atoms with E-state index >= 15 is 0 Å². The third-order valence-corrected chi connectivity index (χ3v) is 3.07. The molecule has 1 N–H and O–H groups in total. The monoisotopic (exact) mass is 272 g/mol. The molecule has 4 nitrogen and oxygen atoms in total. The number of hydrogen-bond donors (Lipinski definition) is 1. The highest BCUT2D eigenvalue weighted by Crippen LogP contribution is 2.18. The summed E-state index contributed by atoms with van der Waals surface area (Å²) in [6.45, 7) is 1.09. The highest BCUT2D eigenvalue weighted by molar-refractivity contribution is 9.10. The van der Waals surface area contributed by atoms with Crippen LogP contribution >= 0.6 is 15.9 Å². The lowest BCUT2D eigenvalue weighted by Crippen LogP contribution is -2.30. The quantitative estimate of drug-likeness (QED) is 0.829. The SMILES string of the molecule is Cn1cc(Br)cc1C(=O)N1CC[C@@H](O)C1. The molecule has 0 aromatic carbocycles. The number of aromatic nitrogens is 1. The molecule has 1 atom stereocenters. The van der Waals surface area contributed by atoms with Gasteiger partial charge in [-0.25, -0.2) is 0 Å². The van der Waals surface area contributed by atoms with E-state index in [2.05, 4.69) is 15.9 Å². The fraction of sp³-hybridized carbons (Fsp3) is 0.500. The molecule has 0 radical (unpaired) electrons. The molecule has 1 aromatic rings. The van der Waals surface area contributed by atoms with Crippen LogP contribution < -0.4 is 0 Å². The van der Waals surface area contributed by atoms with Crippen LogP contribution in [0.1, 0.15) is 16.9 Å². The summed E-state index contributed by atoms with van der Waals surface area (Å²) in [5.41, 5.74) is 0.649. The largest absolute Gasteiger partial charge is 0.391 e. The van der Waals surface area contributed by atoms with Gasteiger partial charge in [-0.15, -0.1) is 0 Å². The first-order chi connectivity index (χ1) is 7.08. The number of rotatable bonds is 1. The second-order valence-electron chi connectivity index (χ2n) is 3.85. The average molecular weight is 273 g/mol. The standard InChI is InChI=1S/C10H13BrN2O2/c1-12-5-7(11)4-9(12)10(15)13-3-2-8(14)6-13/h4-5,8,14H,2-3,6H2,1H3/t8-/m1/s1. The number of aliphatic hydroxyl groups is 1. The molecule has 5 heteroatoms. The average Bonchev–Trinajstić information content (AvgIpc) is 2.71. The highest BCUT2D eigenvalue weighted by Gasteiger charge is 2.26.